The lowest BCUT2D eigenvalue weighted by Crippen LogP contribution is -2.17. The van der Waals surface area contributed by atoms with Crippen LogP contribution in [0.15, 0.2) is 27.3 Å². The first-order chi connectivity index (χ1) is 14.7. The van der Waals surface area contributed by atoms with E-state index in [-0.39, 0.29) is 21.1 Å². The number of carbonyl (C=O) groups excluding carboxylic acids is 2. The molecule has 0 saturated carbocycles. The quantitative estimate of drug-likeness (QED) is 0.270. The van der Waals surface area contributed by atoms with Crippen molar-refractivity contribution < 1.29 is 18.4 Å². The molecule has 4 aromatic rings. The van der Waals surface area contributed by atoms with Gasteiger partial charge in [0, 0.05) is 20.7 Å². The molecule has 160 valence electrons. The van der Waals surface area contributed by atoms with Crippen LogP contribution in [0.2, 0.25) is 0 Å². The topological polar surface area (TPSA) is 114 Å². The molecule has 2 amide bonds. The summed E-state index contributed by atoms with van der Waals surface area (Å²) in [4.78, 5) is 30.8. The number of rotatable bonds is 5. The number of thiophene rings is 2. The second-order valence-electron chi connectivity index (χ2n) is 6.31. The van der Waals surface area contributed by atoms with Crippen LogP contribution in [0.4, 0.5) is 14.5 Å². The molecule has 0 aliphatic carbocycles. The number of nitrogens with zero attached hydrogens (tertiary/aromatic N) is 2. The van der Waals surface area contributed by atoms with E-state index in [1.54, 1.807) is 6.07 Å². The molecule has 0 aliphatic rings. The SMILES string of the molecule is Cc1ccc(-c2cc(C(F)F)nc3sc(C(N)=O)c(NC(=O)c4n[nH]c(Br)c4Br)c23)s1. The Balaban J connectivity index is 1.96. The smallest absolute Gasteiger partial charge is 0.280 e. The first-order valence-electron chi connectivity index (χ1n) is 8.50. The van der Waals surface area contributed by atoms with Gasteiger partial charge in [0.2, 0.25) is 0 Å². The van der Waals surface area contributed by atoms with Crippen LogP contribution < -0.4 is 11.1 Å². The van der Waals surface area contributed by atoms with Gasteiger partial charge in [0.15, 0.2) is 5.69 Å². The van der Waals surface area contributed by atoms with Crippen LogP contribution >= 0.6 is 54.5 Å². The summed E-state index contributed by atoms with van der Waals surface area (Å²) in [5, 5.41) is 9.55. The first kappa shape index (κ1) is 22.0. The second kappa shape index (κ2) is 8.37. The number of primary amides is 1. The fourth-order valence-corrected chi connectivity index (χ4v) is 5.46. The summed E-state index contributed by atoms with van der Waals surface area (Å²) in [7, 11) is 0. The van der Waals surface area contributed by atoms with Gasteiger partial charge in [0.25, 0.3) is 18.2 Å². The molecule has 13 heteroatoms. The van der Waals surface area contributed by atoms with Crippen molar-refractivity contribution in [1.29, 1.82) is 0 Å². The normalized spacial score (nSPS) is 11.4. The van der Waals surface area contributed by atoms with E-state index in [0.717, 1.165) is 16.2 Å². The Bertz CT molecular complexity index is 1350. The van der Waals surface area contributed by atoms with Gasteiger partial charge in [-0.2, -0.15) is 5.10 Å². The number of nitrogens with two attached hydrogens (primary N) is 1. The zero-order valence-electron chi connectivity index (χ0n) is 15.4. The first-order valence-corrected chi connectivity index (χ1v) is 11.7. The number of fused-ring (bicyclic) bond motifs is 1. The molecule has 0 aromatic carbocycles. The van der Waals surface area contributed by atoms with Crippen LogP contribution in [-0.2, 0) is 0 Å². The van der Waals surface area contributed by atoms with Gasteiger partial charge in [0.1, 0.15) is 20.0 Å². The Hall–Kier alpha value is -2.22. The minimum Gasteiger partial charge on any atom is -0.365 e. The number of aryl methyl sites for hydroxylation is 1. The Morgan fingerprint density at radius 3 is 2.55 bits per heavy atom. The highest BCUT2D eigenvalue weighted by atomic mass is 79.9. The third-order valence-electron chi connectivity index (χ3n) is 4.26. The minimum atomic E-state index is -2.81. The molecule has 7 nitrogen and oxygen atoms in total. The van der Waals surface area contributed by atoms with Gasteiger partial charge >= 0.3 is 0 Å². The van der Waals surface area contributed by atoms with E-state index in [4.69, 9.17) is 5.73 Å². The standard InChI is InChI=1S/C18H11Br2F2N5O2S2/c1-5-2-3-8(30-5)6-4-7(15(21)22)24-18-9(6)11(13(31-18)16(23)28)25-17(29)12-10(19)14(20)27-26-12/h2-4,15H,1H3,(H2,23,28)(H,25,29)(H,26,27). The monoisotopic (exact) mass is 589 g/mol. The molecular weight excluding hydrogens is 580 g/mol. The van der Waals surface area contributed by atoms with Gasteiger partial charge in [-0.15, -0.1) is 22.7 Å². The van der Waals surface area contributed by atoms with Crippen LogP contribution in [0.3, 0.4) is 0 Å². The Labute approximate surface area is 198 Å². The predicted molar refractivity (Wildman–Crippen MR) is 123 cm³/mol. The van der Waals surface area contributed by atoms with E-state index in [0.29, 0.717) is 24.9 Å². The number of aromatic amines is 1. The Morgan fingerprint density at radius 1 is 1.26 bits per heavy atom. The predicted octanol–water partition coefficient (Wildman–Crippen LogP) is 5.87. The summed E-state index contributed by atoms with van der Waals surface area (Å²) in [5.41, 5.74) is 5.67. The third kappa shape index (κ3) is 4.02. The largest absolute Gasteiger partial charge is 0.365 e. The number of hydrogen-bond acceptors (Lipinski definition) is 6. The Morgan fingerprint density at radius 2 is 2.00 bits per heavy atom. The molecule has 0 fully saturated rings. The van der Waals surface area contributed by atoms with E-state index < -0.39 is 23.9 Å². The van der Waals surface area contributed by atoms with Crippen molar-refractivity contribution in [1.82, 2.24) is 15.2 Å². The van der Waals surface area contributed by atoms with E-state index in [1.165, 1.54) is 17.4 Å². The number of amides is 2. The molecule has 0 unspecified atom stereocenters. The zero-order valence-corrected chi connectivity index (χ0v) is 20.2. The molecule has 0 radical (unpaired) electrons. The lowest BCUT2D eigenvalue weighted by Gasteiger charge is -2.09. The summed E-state index contributed by atoms with van der Waals surface area (Å²) in [6, 6.07) is 4.91. The van der Waals surface area contributed by atoms with Gasteiger partial charge in [-0.25, -0.2) is 13.8 Å². The number of pyridine rings is 1. The average molecular weight is 591 g/mol. The fraction of sp³-hybridized carbons (Fsp3) is 0.111. The van der Waals surface area contributed by atoms with Crippen LogP contribution in [0.5, 0.6) is 0 Å². The molecule has 0 bridgehead atoms. The molecule has 4 heterocycles. The van der Waals surface area contributed by atoms with Crippen LogP contribution in [0.25, 0.3) is 20.7 Å². The Kier molecular flexibility index (Phi) is 5.94. The molecule has 0 atom stereocenters. The summed E-state index contributed by atoms with van der Waals surface area (Å²) >= 11 is 8.70. The van der Waals surface area contributed by atoms with Gasteiger partial charge < -0.3 is 11.1 Å². The minimum absolute atomic E-state index is 0.00233. The number of anilines is 1. The summed E-state index contributed by atoms with van der Waals surface area (Å²) < 4.78 is 27.9. The number of alkyl halides is 2. The highest BCUT2D eigenvalue weighted by Gasteiger charge is 2.27. The van der Waals surface area contributed by atoms with Gasteiger partial charge in [-0.3, -0.25) is 14.7 Å². The number of nitrogens with one attached hydrogen (secondary N) is 2. The molecule has 4 N–H and O–H groups in total. The van der Waals surface area contributed by atoms with Crippen molar-refractivity contribution in [3.63, 3.8) is 0 Å². The van der Waals surface area contributed by atoms with Crippen LogP contribution in [0, 0.1) is 6.92 Å². The van der Waals surface area contributed by atoms with E-state index in [9.17, 15) is 18.4 Å². The molecule has 0 aliphatic heterocycles. The van der Waals surface area contributed by atoms with Crippen LogP contribution in [0.1, 0.15) is 37.2 Å². The maximum atomic E-state index is 13.5. The van der Waals surface area contributed by atoms with E-state index in [2.05, 4.69) is 52.4 Å². The lowest BCUT2D eigenvalue weighted by atomic mass is 10.1. The maximum absolute atomic E-state index is 13.5. The third-order valence-corrected chi connectivity index (χ3v) is 8.27. The van der Waals surface area contributed by atoms with E-state index in [1.807, 2.05) is 13.0 Å². The van der Waals surface area contributed by atoms with Gasteiger partial charge in [-0.05, 0) is 57.0 Å². The summed E-state index contributed by atoms with van der Waals surface area (Å²) in [6.07, 6.45) is -2.81. The van der Waals surface area contributed by atoms with Crippen molar-refractivity contribution in [2.75, 3.05) is 5.32 Å². The van der Waals surface area contributed by atoms with Crippen molar-refractivity contribution in [2.24, 2.45) is 5.73 Å². The van der Waals surface area contributed by atoms with E-state index >= 15 is 0 Å². The highest BCUT2D eigenvalue weighted by Crippen LogP contribution is 2.44. The number of H-pyrrole nitrogens is 1. The zero-order chi connectivity index (χ0) is 22.4. The summed E-state index contributed by atoms with van der Waals surface area (Å²) in [6.45, 7) is 1.89. The molecule has 0 spiro atoms. The molecule has 31 heavy (non-hydrogen) atoms. The molecular formula is C18H11Br2F2N5O2S2. The van der Waals surface area contributed by atoms with Crippen molar-refractivity contribution in [3.8, 4) is 10.4 Å². The molecule has 4 rings (SSSR count). The van der Waals surface area contributed by atoms with Crippen LogP contribution in [-0.4, -0.2) is 27.0 Å². The second-order valence-corrected chi connectivity index (χ2v) is 10.2. The fourth-order valence-electron chi connectivity index (χ4n) is 2.93. The number of aromatic nitrogens is 3. The number of halogens is 4. The maximum Gasteiger partial charge on any atom is 0.280 e. The molecule has 0 saturated heterocycles. The highest BCUT2D eigenvalue weighted by molar-refractivity contribution is 9.13. The van der Waals surface area contributed by atoms with Crippen molar-refractivity contribution in [2.45, 2.75) is 13.3 Å². The van der Waals surface area contributed by atoms with Gasteiger partial charge in [-0.1, -0.05) is 0 Å². The number of hydrogen-bond donors (Lipinski definition) is 3. The van der Waals surface area contributed by atoms with Gasteiger partial charge in [0.05, 0.1) is 10.2 Å². The molecule has 4 aromatic heterocycles. The van der Waals surface area contributed by atoms with Crippen molar-refractivity contribution in [3.05, 3.63) is 48.4 Å². The lowest BCUT2D eigenvalue weighted by molar-refractivity contribution is 0.100. The number of carbonyl (C=O) groups is 2. The summed E-state index contributed by atoms with van der Waals surface area (Å²) in [5.74, 6) is -1.44. The van der Waals surface area contributed by atoms with Crippen molar-refractivity contribution >= 4 is 82.3 Å². The average Bonchev–Trinajstić information content (AvgIpc) is 3.39.